The van der Waals surface area contributed by atoms with Crippen molar-refractivity contribution in [3.63, 3.8) is 0 Å². The van der Waals surface area contributed by atoms with E-state index in [4.69, 9.17) is 4.84 Å². The summed E-state index contributed by atoms with van der Waals surface area (Å²) in [6.45, 7) is 0. The number of carbonyl (C=O) groups excluding carboxylic acids is 1. The lowest BCUT2D eigenvalue weighted by Crippen LogP contribution is -2.27. The fourth-order valence-electron chi connectivity index (χ4n) is 2.30. The predicted molar refractivity (Wildman–Crippen MR) is 101 cm³/mol. The van der Waals surface area contributed by atoms with Gasteiger partial charge in [0.25, 0.3) is 15.9 Å². The van der Waals surface area contributed by atoms with Crippen LogP contribution in [0.4, 0.5) is 5.13 Å². The van der Waals surface area contributed by atoms with Crippen LogP contribution in [0.25, 0.3) is 10.2 Å². The van der Waals surface area contributed by atoms with Gasteiger partial charge in [0.05, 0.1) is 22.2 Å². The number of para-hydroxylation sites is 1. The van der Waals surface area contributed by atoms with Crippen LogP contribution in [0.15, 0.2) is 53.4 Å². The van der Waals surface area contributed by atoms with E-state index in [0.717, 1.165) is 14.7 Å². The van der Waals surface area contributed by atoms with Crippen molar-refractivity contribution >= 4 is 42.6 Å². The summed E-state index contributed by atoms with van der Waals surface area (Å²) in [5.41, 5.74) is 1.20. The molecule has 3 aromatic rings. The van der Waals surface area contributed by atoms with E-state index in [0.29, 0.717) is 10.7 Å². The number of hydrogen-bond donors (Lipinski definition) is 0. The first-order valence-corrected chi connectivity index (χ1v) is 9.87. The number of benzene rings is 2. The number of rotatable bonds is 5. The van der Waals surface area contributed by atoms with Crippen LogP contribution in [0.5, 0.6) is 0 Å². The molecular formula is C17H17N3O4S2. The topological polar surface area (TPSA) is 79.8 Å². The van der Waals surface area contributed by atoms with Crippen molar-refractivity contribution in [2.75, 3.05) is 26.1 Å². The number of amides is 1. The van der Waals surface area contributed by atoms with Gasteiger partial charge in [-0.15, -0.1) is 0 Å². The lowest BCUT2D eigenvalue weighted by atomic mass is 10.2. The quantitative estimate of drug-likeness (QED) is 0.625. The Labute approximate surface area is 155 Å². The molecular weight excluding hydrogens is 374 g/mol. The molecule has 0 radical (unpaired) electrons. The summed E-state index contributed by atoms with van der Waals surface area (Å²) >= 11 is 1.42. The molecule has 0 spiro atoms. The molecule has 0 aliphatic carbocycles. The Morgan fingerprint density at radius 2 is 1.73 bits per heavy atom. The van der Waals surface area contributed by atoms with Crippen LogP contribution in [0.1, 0.15) is 10.4 Å². The second-order valence-corrected chi connectivity index (χ2v) is 8.39. The van der Waals surface area contributed by atoms with Crippen molar-refractivity contribution in [2.45, 2.75) is 4.90 Å². The van der Waals surface area contributed by atoms with Gasteiger partial charge in [0.15, 0.2) is 5.13 Å². The number of thiazole rings is 1. The molecule has 0 unspecified atom stereocenters. The first kappa shape index (κ1) is 18.5. The fourth-order valence-corrected chi connectivity index (χ4v) is 4.20. The molecule has 26 heavy (non-hydrogen) atoms. The van der Waals surface area contributed by atoms with Crippen LogP contribution < -0.4 is 4.90 Å². The van der Waals surface area contributed by atoms with Crippen molar-refractivity contribution in [3.05, 3.63) is 54.1 Å². The van der Waals surface area contributed by atoms with E-state index in [1.807, 2.05) is 24.3 Å². The van der Waals surface area contributed by atoms with E-state index in [1.54, 1.807) is 7.05 Å². The molecule has 0 N–H and O–H groups in total. The van der Waals surface area contributed by atoms with E-state index in [9.17, 15) is 13.2 Å². The van der Waals surface area contributed by atoms with Gasteiger partial charge >= 0.3 is 0 Å². The fraction of sp³-hybridized carbons (Fsp3) is 0.176. The minimum atomic E-state index is -3.75. The molecule has 0 aliphatic rings. The maximum atomic E-state index is 12.7. The van der Waals surface area contributed by atoms with Crippen LogP contribution in [-0.2, 0) is 14.9 Å². The van der Waals surface area contributed by atoms with Crippen LogP contribution in [0, 0.1) is 0 Å². The first-order valence-electron chi connectivity index (χ1n) is 7.61. The Bertz CT molecular complexity index is 1010. The highest BCUT2D eigenvalue weighted by atomic mass is 32.2. The molecule has 0 saturated heterocycles. The highest BCUT2D eigenvalue weighted by Crippen LogP contribution is 2.28. The van der Waals surface area contributed by atoms with Crippen molar-refractivity contribution in [1.29, 1.82) is 0 Å². The number of carbonyl (C=O) groups is 1. The van der Waals surface area contributed by atoms with Crippen LogP contribution in [-0.4, -0.2) is 45.0 Å². The number of hydroxylamine groups is 1. The zero-order valence-electron chi connectivity index (χ0n) is 14.4. The van der Waals surface area contributed by atoms with Crippen molar-refractivity contribution in [1.82, 2.24) is 9.45 Å². The minimum Gasteiger partial charge on any atom is -0.288 e. The highest BCUT2D eigenvalue weighted by molar-refractivity contribution is 7.89. The molecule has 9 heteroatoms. The van der Waals surface area contributed by atoms with Gasteiger partial charge in [0.1, 0.15) is 0 Å². The van der Waals surface area contributed by atoms with Gasteiger partial charge in [-0.3, -0.25) is 14.5 Å². The number of sulfonamides is 1. The van der Waals surface area contributed by atoms with Gasteiger partial charge in [-0.2, -0.15) is 0 Å². The normalized spacial score (nSPS) is 11.8. The van der Waals surface area contributed by atoms with Gasteiger partial charge < -0.3 is 0 Å². The maximum absolute atomic E-state index is 12.7. The summed E-state index contributed by atoms with van der Waals surface area (Å²) in [4.78, 5) is 23.4. The number of nitrogens with zero attached hydrogens (tertiary/aromatic N) is 3. The second kappa shape index (κ2) is 7.12. The van der Waals surface area contributed by atoms with Gasteiger partial charge in [0.2, 0.25) is 0 Å². The number of hydrogen-bond acceptors (Lipinski definition) is 6. The summed E-state index contributed by atoms with van der Waals surface area (Å²) in [7, 11) is 0.464. The van der Waals surface area contributed by atoms with E-state index in [2.05, 4.69) is 4.98 Å². The van der Waals surface area contributed by atoms with Crippen molar-refractivity contribution in [2.24, 2.45) is 0 Å². The molecule has 2 aromatic carbocycles. The molecule has 0 saturated carbocycles. The van der Waals surface area contributed by atoms with Gasteiger partial charge in [-0.25, -0.2) is 13.4 Å². The zero-order chi connectivity index (χ0) is 18.9. The zero-order valence-corrected chi connectivity index (χ0v) is 16.0. The summed E-state index contributed by atoms with van der Waals surface area (Å²) in [5.74, 6) is -0.270. The van der Waals surface area contributed by atoms with E-state index >= 15 is 0 Å². The molecule has 7 nitrogen and oxygen atoms in total. The summed E-state index contributed by atoms with van der Waals surface area (Å²) in [6, 6.07) is 13.4. The average molecular weight is 391 g/mol. The lowest BCUT2D eigenvalue weighted by molar-refractivity contribution is -0.0258. The first-order chi connectivity index (χ1) is 12.3. The van der Waals surface area contributed by atoms with Crippen molar-refractivity contribution < 1.29 is 18.0 Å². The third-order valence-electron chi connectivity index (χ3n) is 3.87. The monoisotopic (exact) mass is 391 g/mol. The number of fused-ring (bicyclic) bond motifs is 1. The molecule has 0 aliphatic heterocycles. The Morgan fingerprint density at radius 3 is 2.35 bits per heavy atom. The van der Waals surface area contributed by atoms with Crippen LogP contribution in [0.3, 0.4) is 0 Å². The highest BCUT2D eigenvalue weighted by Gasteiger charge is 2.22. The van der Waals surface area contributed by atoms with E-state index < -0.39 is 10.0 Å². The smallest absolute Gasteiger partial charge is 0.264 e. The molecule has 1 amide bonds. The van der Waals surface area contributed by atoms with E-state index in [1.165, 1.54) is 54.7 Å². The Balaban J connectivity index is 1.85. The molecule has 136 valence electrons. The molecule has 0 fully saturated rings. The third kappa shape index (κ3) is 3.34. The number of aromatic nitrogens is 1. The summed E-state index contributed by atoms with van der Waals surface area (Å²) in [5, 5.41) is 0.576. The Hall–Kier alpha value is -2.33. The molecule has 0 atom stereocenters. The van der Waals surface area contributed by atoms with Crippen molar-refractivity contribution in [3.8, 4) is 0 Å². The summed E-state index contributed by atoms with van der Waals surface area (Å²) < 4.78 is 26.1. The largest absolute Gasteiger partial charge is 0.288 e. The van der Waals surface area contributed by atoms with Crippen LogP contribution in [0.2, 0.25) is 0 Å². The second-order valence-electron chi connectivity index (χ2n) is 5.45. The third-order valence-corrected chi connectivity index (χ3v) is 6.68. The Morgan fingerprint density at radius 1 is 1.08 bits per heavy atom. The maximum Gasteiger partial charge on any atom is 0.264 e. The molecule has 1 aromatic heterocycles. The minimum absolute atomic E-state index is 0.0426. The SMILES string of the molecule is CON(C)S(=O)(=O)c1ccc(C(=O)N(C)c2nc3ccccc3s2)cc1. The van der Waals surface area contributed by atoms with Gasteiger partial charge in [-0.1, -0.05) is 27.9 Å². The molecule has 1 heterocycles. The van der Waals surface area contributed by atoms with Crippen LogP contribution >= 0.6 is 11.3 Å². The Kier molecular flexibility index (Phi) is 5.05. The van der Waals surface area contributed by atoms with E-state index in [-0.39, 0.29) is 10.8 Å². The molecule has 3 rings (SSSR count). The average Bonchev–Trinajstić information content (AvgIpc) is 3.10. The number of anilines is 1. The standard InChI is InChI=1S/C17H17N3O4S2/c1-19(17-18-14-6-4-5-7-15(14)25-17)16(21)12-8-10-13(11-9-12)26(22,23)20(2)24-3/h4-11H,1-3H3. The van der Waals surface area contributed by atoms with Gasteiger partial charge in [0, 0.05) is 19.7 Å². The van der Waals surface area contributed by atoms with Gasteiger partial charge in [-0.05, 0) is 36.4 Å². The molecule has 0 bridgehead atoms. The summed E-state index contributed by atoms with van der Waals surface area (Å²) in [6.07, 6.45) is 0. The predicted octanol–water partition coefficient (Wildman–Crippen LogP) is 2.75. The lowest BCUT2D eigenvalue weighted by Gasteiger charge is -2.16.